The maximum Gasteiger partial charge on any atom is 0.329 e. The Morgan fingerprint density at radius 1 is 1.18 bits per heavy atom. The van der Waals surface area contributed by atoms with Crippen LogP contribution in [0.1, 0.15) is 13.8 Å². The summed E-state index contributed by atoms with van der Waals surface area (Å²) in [6.45, 7) is 5.55. The molecule has 7 heteroatoms. The van der Waals surface area contributed by atoms with Gasteiger partial charge in [0.2, 0.25) is 0 Å². The maximum atomic E-state index is 11.8. The summed E-state index contributed by atoms with van der Waals surface area (Å²) < 4.78 is 2.98. The highest BCUT2D eigenvalue weighted by atomic mass is 32.2. The van der Waals surface area contributed by atoms with E-state index in [-0.39, 0.29) is 4.90 Å². The highest BCUT2D eigenvalue weighted by Crippen LogP contribution is 2.14. The second kappa shape index (κ2) is 5.42. The van der Waals surface area contributed by atoms with Gasteiger partial charge in [-0.2, -0.15) is 0 Å². The first kappa shape index (κ1) is 13.9. The van der Waals surface area contributed by atoms with Gasteiger partial charge in [-0.05, 0) is 19.7 Å². The standard InChI is InChI=1S/C10H17N3O3S/c1-5-13(6-2)17-7-8(14)11(3)10(16)12(4)9(7)15/h14H,5-6H2,1-4H3. The Bertz CT molecular complexity index is 517. The first-order valence-corrected chi connectivity index (χ1v) is 6.25. The summed E-state index contributed by atoms with van der Waals surface area (Å²) >= 11 is 1.19. The Morgan fingerprint density at radius 3 is 2.18 bits per heavy atom. The summed E-state index contributed by atoms with van der Waals surface area (Å²) in [5, 5.41) is 11.8. The quantitative estimate of drug-likeness (QED) is 0.641. The molecular weight excluding hydrogens is 242 g/mol. The Hall–Kier alpha value is -1.21. The van der Waals surface area contributed by atoms with Crippen molar-refractivity contribution < 1.29 is 9.41 Å². The zero-order valence-corrected chi connectivity index (χ0v) is 11.3. The molecule has 1 heterocycles. The van der Waals surface area contributed by atoms with E-state index in [4.69, 9.17) is 0 Å². The fourth-order valence-electron chi connectivity index (χ4n) is 1.42. The predicted molar refractivity (Wildman–Crippen MR) is 64.3 cm³/mol. The molecule has 0 aromatic carbocycles. The third kappa shape index (κ3) is 2.55. The van der Waals surface area contributed by atoms with E-state index < -0.39 is 17.1 Å². The first-order valence-electron chi connectivity index (χ1n) is 5.43. The van der Waals surface area contributed by atoms with E-state index in [2.05, 4.69) is 0 Å². The second-order valence-corrected chi connectivity index (χ2v) is 4.88. The highest BCUT2D eigenvalue weighted by Gasteiger charge is 2.16. The number of nitrogens with zero attached hydrogens (tertiary/aromatic N) is 2. The molecule has 17 heavy (non-hydrogen) atoms. The summed E-state index contributed by atoms with van der Waals surface area (Å²) in [7, 11) is 2.76. The van der Waals surface area contributed by atoms with Crippen LogP contribution in [0, 0.1) is 0 Å². The molecule has 0 fully saturated rings. The fourth-order valence-corrected chi connectivity index (χ4v) is 2.45. The van der Waals surface area contributed by atoms with E-state index in [0.29, 0.717) is 0 Å². The molecule has 0 atom stereocenters. The normalized spacial score (nSPS) is 11.1. The number of hydrogen-bond donors (Lipinski definition) is 1. The van der Waals surface area contributed by atoms with Gasteiger partial charge in [0.05, 0.1) is 13.1 Å². The molecule has 1 aromatic heterocycles. The van der Waals surface area contributed by atoms with Gasteiger partial charge in [0.25, 0.3) is 5.56 Å². The van der Waals surface area contributed by atoms with Crippen molar-refractivity contribution in [3.8, 4) is 5.88 Å². The van der Waals surface area contributed by atoms with Crippen LogP contribution in [0.25, 0.3) is 0 Å². The third-order valence-electron chi connectivity index (χ3n) is 2.61. The Balaban J connectivity index is 3.35. The van der Waals surface area contributed by atoms with Gasteiger partial charge in [0.15, 0.2) is 0 Å². The van der Waals surface area contributed by atoms with Crippen LogP contribution in [-0.4, -0.2) is 22.2 Å². The lowest BCUT2D eigenvalue weighted by atomic mass is 10.6. The van der Waals surface area contributed by atoms with Crippen molar-refractivity contribution >= 4 is 11.9 Å². The molecule has 0 spiro atoms. The van der Waals surface area contributed by atoms with Gasteiger partial charge < -0.3 is 9.67 Å². The molecule has 0 amide bonds. The molecule has 0 unspecified atom stereocenters. The molecule has 0 radical (unpaired) electrons. The smallest absolute Gasteiger partial charge is 0.329 e. The molecule has 0 aliphatic heterocycles. The lowest BCUT2D eigenvalue weighted by Gasteiger charge is -2.19. The topological polar surface area (TPSA) is 71.5 Å². The van der Waals surface area contributed by atoms with Gasteiger partial charge in [-0.1, -0.05) is 0 Å². The molecule has 96 valence electrons. The minimum atomic E-state index is -0.584. The molecule has 0 aliphatic carbocycles. The van der Waals surface area contributed by atoms with Crippen molar-refractivity contribution in [3.05, 3.63) is 20.8 Å². The fraction of sp³-hybridized carbons (Fsp3) is 0.600. The summed E-state index contributed by atoms with van der Waals surface area (Å²) in [6, 6.07) is 0. The van der Waals surface area contributed by atoms with E-state index in [0.717, 1.165) is 26.5 Å². The Morgan fingerprint density at radius 2 is 1.71 bits per heavy atom. The molecule has 1 aromatic rings. The Labute approximate surface area is 104 Å². The molecule has 0 saturated carbocycles. The summed E-state index contributed by atoms with van der Waals surface area (Å²) in [6.07, 6.45) is 0. The summed E-state index contributed by atoms with van der Waals surface area (Å²) in [5.74, 6) is -0.512. The minimum absolute atomic E-state index is 0.105. The van der Waals surface area contributed by atoms with Gasteiger partial charge in [-0.25, -0.2) is 4.79 Å². The van der Waals surface area contributed by atoms with Crippen LogP contribution in [0.4, 0.5) is 0 Å². The number of rotatable bonds is 4. The maximum absolute atomic E-state index is 11.8. The van der Waals surface area contributed by atoms with Crippen LogP contribution in [-0.2, 0) is 14.1 Å². The molecule has 6 nitrogen and oxygen atoms in total. The van der Waals surface area contributed by atoms with Crippen molar-refractivity contribution in [2.75, 3.05) is 13.1 Å². The van der Waals surface area contributed by atoms with E-state index in [1.807, 2.05) is 13.8 Å². The Kier molecular flexibility index (Phi) is 4.41. The van der Waals surface area contributed by atoms with Crippen LogP contribution in [0.5, 0.6) is 5.88 Å². The predicted octanol–water partition coefficient (Wildman–Crippen LogP) is -1.91. The van der Waals surface area contributed by atoms with Crippen LogP contribution in [0.15, 0.2) is 14.5 Å². The number of quaternary nitrogens is 1. The van der Waals surface area contributed by atoms with Crippen molar-refractivity contribution in [2.24, 2.45) is 14.1 Å². The van der Waals surface area contributed by atoms with Crippen LogP contribution < -0.4 is 20.7 Å². The van der Waals surface area contributed by atoms with Gasteiger partial charge in [-0.15, -0.1) is 0 Å². The zero-order chi connectivity index (χ0) is 13.2. The second-order valence-electron chi connectivity index (χ2n) is 3.69. The van der Waals surface area contributed by atoms with E-state index in [9.17, 15) is 14.7 Å². The number of hydrogen-bond acceptors (Lipinski definition) is 4. The number of nitrogens with one attached hydrogen (secondary N) is 1. The molecular formula is C10H17N3O3S. The molecule has 0 aliphatic rings. The SMILES string of the molecule is CC[NH+](CC)Sc1c([O-])n(C)c(=O)n(C)c1=O. The average molecular weight is 259 g/mol. The first-order chi connectivity index (χ1) is 7.93. The van der Waals surface area contributed by atoms with E-state index in [1.165, 1.54) is 26.0 Å². The van der Waals surface area contributed by atoms with Crippen molar-refractivity contribution in [3.63, 3.8) is 0 Å². The van der Waals surface area contributed by atoms with Crippen LogP contribution in [0.2, 0.25) is 0 Å². The largest absolute Gasteiger partial charge is 0.859 e. The minimum Gasteiger partial charge on any atom is -0.859 e. The van der Waals surface area contributed by atoms with Gasteiger partial charge >= 0.3 is 5.69 Å². The summed E-state index contributed by atoms with van der Waals surface area (Å²) in [4.78, 5) is 23.4. The van der Waals surface area contributed by atoms with Crippen LogP contribution in [0.3, 0.4) is 0 Å². The van der Waals surface area contributed by atoms with E-state index in [1.54, 1.807) is 0 Å². The van der Waals surface area contributed by atoms with Crippen molar-refractivity contribution in [1.29, 1.82) is 0 Å². The zero-order valence-electron chi connectivity index (χ0n) is 10.4. The molecule has 1 rings (SSSR count). The van der Waals surface area contributed by atoms with Gasteiger partial charge in [0, 0.05) is 14.1 Å². The monoisotopic (exact) mass is 259 g/mol. The van der Waals surface area contributed by atoms with Gasteiger partial charge in [0.1, 0.15) is 16.8 Å². The molecule has 0 bridgehead atoms. The van der Waals surface area contributed by atoms with Crippen molar-refractivity contribution in [1.82, 2.24) is 9.13 Å². The van der Waals surface area contributed by atoms with E-state index >= 15 is 0 Å². The van der Waals surface area contributed by atoms with Gasteiger partial charge in [-0.3, -0.25) is 13.7 Å². The highest BCUT2D eigenvalue weighted by molar-refractivity contribution is 7.93. The van der Waals surface area contributed by atoms with Crippen LogP contribution >= 0.6 is 11.9 Å². The molecule has 0 saturated heterocycles. The molecule has 1 N–H and O–H groups in total. The average Bonchev–Trinajstić information content (AvgIpc) is 2.34. The summed E-state index contributed by atoms with van der Waals surface area (Å²) in [5.41, 5.74) is -1.10. The third-order valence-corrected chi connectivity index (χ3v) is 4.03. The number of aromatic nitrogens is 2. The lowest BCUT2D eigenvalue weighted by molar-refractivity contribution is -0.750. The van der Waals surface area contributed by atoms with Crippen molar-refractivity contribution in [2.45, 2.75) is 18.7 Å². The lowest BCUT2D eigenvalue weighted by Crippen LogP contribution is -3.04.